The van der Waals surface area contributed by atoms with E-state index in [0.29, 0.717) is 5.75 Å². The number of fused-ring (bicyclic) bond motifs is 1. The second kappa shape index (κ2) is 4.82. The van der Waals surface area contributed by atoms with Crippen LogP contribution in [0.3, 0.4) is 0 Å². The van der Waals surface area contributed by atoms with Crippen LogP contribution in [-0.4, -0.2) is 22.7 Å². The van der Waals surface area contributed by atoms with Gasteiger partial charge < -0.3 is 9.84 Å². The molecule has 0 aliphatic heterocycles. The highest BCUT2D eigenvalue weighted by atomic mass is 16.5. The molecule has 0 aliphatic carbocycles. The topological polar surface area (TPSA) is 59.4 Å². The zero-order valence-electron chi connectivity index (χ0n) is 9.46. The second-order valence-corrected chi connectivity index (χ2v) is 3.88. The van der Waals surface area contributed by atoms with E-state index in [9.17, 15) is 4.79 Å². The van der Waals surface area contributed by atoms with Gasteiger partial charge in [-0.15, -0.1) is 0 Å². The number of aliphatic carboxylic acids is 1. The van der Waals surface area contributed by atoms with Crippen LogP contribution in [0.1, 0.15) is 6.92 Å². The predicted octanol–water partition coefficient (Wildman–Crippen LogP) is 2.33. The first-order valence-electron chi connectivity index (χ1n) is 5.38. The number of benzene rings is 1. The summed E-state index contributed by atoms with van der Waals surface area (Å²) in [5.41, 5.74) is 0.757. The van der Waals surface area contributed by atoms with Crippen LogP contribution < -0.4 is 4.74 Å². The molecule has 1 atom stereocenters. The molecule has 1 heterocycles. The number of carbonyl (C=O) groups is 1. The van der Waals surface area contributed by atoms with E-state index in [4.69, 9.17) is 9.84 Å². The van der Waals surface area contributed by atoms with Gasteiger partial charge in [0.1, 0.15) is 17.9 Å². The summed E-state index contributed by atoms with van der Waals surface area (Å²) < 4.78 is 5.50. The fourth-order valence-electron chi connectivity index (χ4n) is 1.48. The lowest BCUT2D eigenvalue weighted by Gasteiger charge is -2.10. The first-order valence-corrected chi connectivity index (χ1v) is 5.38. The quantitative estimate of drug-likeness (QED) is 0.877. The van der Waals surface area contributed by atoms with Crippen molar-refractivity contribution in [3.8, 4) is 5.75 Å². The largest absolute Gasteiger partial charge is 0.490 e. The van der Waals surface area contributed by atoms with Gasteiger partial charge in [-0.05, 0) is 19.1 Å². The summed E-state index contributed by atoms with van der Waals surface area (Å²) >= 11 is 0. The van der Waals surface area contributed by atoms with Crippen molar-refractivity contribution in [1.82, 2.24) is 4.98 Å². The smallest absolute Gasteiger partial charge is 0.309 e. The summed E-state index contributed by atoms with van der Waals surface area (Å²) in [6, 6.07) is 9.40. The van der Waals surface area contributed by atoms with E-state index in [2.05, 4.69) is 4.98 Å². The third kappa shape index (κ3) is 2.53. The Bertz CT molecular complexity index is 534. The second-order valence-electron chi connectivity index (χ2n) is 3.88. The molecule has 2 aromatic rings. The zero-order valence-corrected chi connectivity index (χ0v) is 9.46. The van der Waals surface area contributed by atoms with Crippen LogP contribution >= 0.6 is 0 Å². The van der Waals surface area contributed by atoms with Crippen molar-refractivity contribution < 1.29 is 14.6 Å². The van der Waals surface area contributed by atoms with Gasteiger partial charge in [0, 0.05) is 11.6 Å². The third-order valence-electron chi connectivity index (χ3n) is 2.51. The summed E-state index contributed by atoms with van der Waals surface area (Å²) in [5, 5.41) is 9.76. The average molecular weight is 231 g/mol. The Labute approximate surface area is 98.9 Å². The van der Waals surface area contributed by atoms with E-state index in [1.165, 1.54) is 0 Å². The van der Waals surface area contributed by atoms with Crippen LogP contribution in [0.4, 0.5) is 0 Å². The van der Waals surface area contributed by atoms with Crippen LogP contribution in [0, 0.1) is 5.92 Å². The van der Waals surface area contributed by atoms with E-state index in [1.54, 1.807) is 19.2 Å². The number of hydrogen-bond acceptors (Lipinski definition) is 3. The maximum Gasteiger partial charge on any atom is 0.309 e. The number of para-hydroxylation sites is 1. The Morgan fingerprint density at radius 2 is 2.18 bits per heavy atom. The molecule has 1 aromatic carbocycles. The van der Waals surface area contributed by atoms with E-state index < -0.39 is 11.9 Å². The van der Waals surface area contributed by atoms with Gasteiger partial charge in [-0.1, -0.05) is 18.2 Å². The van der Waals surface area contributed by atoms with Crippen LogP contribution in [0.15, 0.2) is 36.5 Å². The number of aromatic nitrogens is 1. The summed E-state index contributed by atoms with van der Waals surface area (Å²) in [6.45, 7) is 1.76. The molecule has 0 saturated carbocycles. The minimum atomic E-state index is -0.863. The molecular weight excluding hydrogens is 218 g/mol. The molecule has 0 bridgehead atoms. The molecule has 0 spiro atoms. The number of hydrogen-bond donors (Lipinski definition) is 1. The van der Waals surface area contributed by atoms with Crippen LogP contribution in [0.25, 0.3) is 10.9 Å². The molecule has 17 heavy (non-hydrogen) atoms. The van der Waals surface area contributed by atoms with Crippen LogP contribution in [0.2, 0.25) is 0 Å². The van der Waals surface area contributed by atoms with Gasteiger partial charge in [0.05, 0.1) is 5.92 Å². The Kier molecular flexibility index (Phi) is 3.23. The van der Waals surface area contributed by atoms with Crippen molar-refractivity contribution in [2.75, 3.05) is 6.61 Å². The normalized spacial score (nSPS) is 12.3. The number of rotatable bonds is 4. The highest BCUT2D eigenvalue weighted by Crippen LogP contribution is 2.23. The van der Waals surface area contributed by atoms with Gasteiger partial charge in [0.15, 0.2) is 0 Å². The lowest BCUT2D eigenvalue weighted by atomic mass is 10.2. The van der Waals surface area contributed by atoms with Gasteiger partial charge in [-0.25, -0.2) is 0 Å². The van der Waals surface area contributed by atoms with Crippen LogP contribution in [0.5, 0.6) is 5.75 Å². The van der Waals surface area contributed by atoms with E-state index in [1.807, 2.05) is 24.3 Å². The van der Waals surface area contributed by atoms with E-state index in [-0.39, 0.29) is 6.61 Å². The zero-order chi connectivity index (χ0) is 12.3. The number of carboxylic acids is 1. The standard InChI is InChI=1S/C13H13NO3/c1-9(13(15)16)8-17-11-6-2-4-10-5-3-7-14-12(10)11/h2-7,9H,8H2,1H3,(H,15,16). The summed E-state index contributed by atoms with van der Waals surface area (Å²) in [5.74, 6) is -0.775. The Balaban J connectivity index is 2.21. The van der Waals surface area contributed by atoms with Gasteiger partial charge >= 0.3 is 5.97 Å². The maximum atomic E-state index is 10.7. The highest BCUT2D eigenvalue weighted by molar-refractivity contribution is 5.84. The Hall–Kier alpha value is -2.10. The van der Waals surface area contributed by atoms with E-state index >= 15 is 0 Å². The van der Waals surface area contributed by atoms with Gasteiger partial charge in [-0.2, -0.15) is 0 Å². The number of nitrogens with zero attached hydrogens (tertiary/aromatic N) is 1. The monoisotopic (exact) mass is 231 g/mol. The first kappa shape index (κ1) is 11.4. The van der Waals surface area contributed by atoms with E-state index in [0.717, 1.165) is 10.9 Å². The molecule has 1 unspecified atom stereocenters. The van der Waals surface area contributed by atoms with Crippen molar-refractivity contribution in [2.45, 2.75) is 6.92 Å². The minimum Gasteiger partial charge on any atom is -0.490 e. The Morgan fingerprint density at radius 1 is 1.41 bits per heavy atom. The summed E-state index contributed by atoms with van der Waals surface area (Å²) in [4.78, 5) is 14.9. The van der Waals surface area contributed by atoms with Gasteiger partial charge in [0.25, 0.3) is 0 Å². The first-order chi connectivity index (χ1) is 8.18. The molecule has 4 nitrogen and oxygen atoms in total. The molecule has 0 aliphatic rings. The molecule has 0 radical (unpaired) electrons. The van der Waals surface area contributed by atoms with Crippen molar-refractivity contribution in [3.05, 3.63) is 36.5 Å². The maximum absolute atomic E-state index is 10.7. The number of carboxylic acid groups (broad SMARTS) is 1. The molecule has 88 valence electrons. The molecule has 0 saturated heterocycles. The lowest BCUT2D eigenvalue weighted by molar-refractivity contribution is -0.142. The minimum absolute atomic E-state index is 0.144. The highest BCUT2D eigenvalue weighted by Gasteiger charge is 2.12. The average Bonchev–Trinajstić information content (AvgIpc) is 2.35. The summed E-state index contributed by atoms with van der Waals surface area (Å²) in [7, 11) is 0. The fraction of sp³-hybridized carbons (Fsp3) is 0.231. The Morgan fingerprint density at radius 3 is 2.94 bits per heavy atom. The van der Waals surface area contributed by atoms with Crippen molar-refractivity contribution in [3.63, 3.8) is 0 Å². The molecular formula is C13H13NO3. The molecule has 0 fully saturated rings. The van der Waals surface area contributed by atoms with Crippen molar-refractivity contribution >= 4 is 16.9 Å². The summed E-state index contributed by atoms with van der Waals surface area (Å²) in [6.07, 6.45) is 1.69. The number of ether oxygens (including phenoxy) is 1. The molecule has 0 amide bonds. The van der Waals surface area contributed by atoms with Gasteiger partial charge in [0.2, 0.25) is 0 Å². The third-order valence-corrected chi connectivity index (χ3v) is 2.51. The molecule has 1 aromatic heterocycles. The fourth-order valence-corrected chi connectivity index (χ4v) is 1.48. The van der Waals surface area contributed by atoms with Gasteiger partial charge in [-0.3, -0.25) is 9.78 Å². The van der Waals surface area contributed by atoms with Crippen LogP contribution in [-0.2, 0) is 4.79 Å². The SMILES string of the molecule is CC(COc1cccc2cccnc12)C(=O)O. The molecule has 1 N–H and O–H groups in total. The van der Waals surface area contributed by atoms with Crippen molar-refractivity contribution in [1.29, 1.82) is 0 Å². The lowest BCUT2D eigenvalue weighted by Crippen LogP contribution is -2.18. The predicted molar refractivity (Wildman–Crippen MR) is 64.0 cm³/mol. The molecule has 2 rings (SSSR count). The van der Waals surface area contributed by atoms with Crippen molar-refractivity contribution in [2.24, 2.45) is 5.92 Å². The number of pyridine rings is 1. The molecule has 4 heteroatoms.